The van der Waals surface area contributed by atoms with Crippen molar-refractivity contribution in [2.75, 3.05) is 5.32 Å². The Hall–Kier alpha value is -1.13. The molecule has 0 unspecified atom stereocenters. The summed E-state index contributed by atoms with van der Waals surface area (Å²) in [5.41, 5.74) is 2.06. The molecule has 2 heterocycles. The molecule has 0 aromatic carbocycles. The average Bonchev–Trinajstić information content (AvgIpc) is 2.57. The Morgan fingerprint density at radius 3 is 2.75 bits per heavy atom. The monoisotopic (exact) mass is 253 g/mol. The predicted octanol–water partition coefficient (Wildman–Crippen LogP) is 3.42. The lowest BCUT2D eigenvalue weighted by Crippen LogP contribution is -1.99. The van der Waals surface area contributed by atoms with Crippen molar-refractivity contribution in [1.82, 2.24) is 9.97 Å². The van der Waals surface area contributed by atoms with E-state index in [1.807, 2.05) is 19.9 Å². The number of thiazole rings is 1. The molecule has 0 saturated carbocycles. The summed E-state index contributed by atoms with van der Waals surface area (Å²) in [5.74, 6) is 0. The maximum atomic E-state index is 5.71. The fourth-order valence-corrected chi connectivity index (χ4v) is 2.39. The lowest BCUT2D eigenvalue weighted by atomic mass is 10.3. The topological polar surface area (TPSA) is 37.8 Å². The number of pyridine rings is 1. The van der Waals surface area contributed by atoms with Crippen LogP contribution in [0.25, 0.3) is 0 Å². The van der Waals surface area contributed by atoms with Gasteiger partial charge in [-0.15, -0.1) is 11.3 Å². The summed E-state index contributed by atoms with van der Waals surface area (Å²) in [7, 11) is 0. The first-order valence-electron chi connectivity index (χ1n) is 4.93. The summed E-state index contributed by atoms with van der Waals surface area (Å²) >= 11 is 7.43. The molecule has 2 aromatic heterocycles. The van der Waals surface area contributed by atoms with E-state index in [9.17, 15) is 0 Å². The zero-order valence-corrected chi connectivity index (χ0v) is 10.7. The van der Waals surface area contributed by atoms with Gasteiger partial charge in [0.05, 0.1) is 29.1 Å². The normalized spacial score (nSPS) is 10.4. The van der Waals surface area contributed by atoms with Crippen LogP contribution in [0.1, 0.15) is 15.6 Å². The van der Waals surface area contributed by atoms with E-state index >= 15 is 0 Å². The van der Waals surface area contributed by atoms with Gasteiger partial charge in [0.25, 0.3) is 0 Å². The second-order valence-electron chi connectivity index (χ2n) is 3.46. The minimum absolute atomic E-state index is 0.510. The number of aromatic nitrogens is 2. The molecule has 5 heteroatoms. The first-order chi connectivity index (χ1) is 7.65. The van der Waals surface area contributed by atoms with Gasteiger partial charge < -0.3 is 5.32 Å². The summed E-state index contributed by atoms with van der Waals surface area (Å²) in [4.78, 5) is 9.65. The highest BCUT2D eigenvalue weighted by Gasteiger charge is 2.04. The molecule has 0 aliphatic rings. The quantitative estimate of drug-likeness (QED) is 0.852. The van der Waals surface area contributed by atoms with Crippen molar-refractivity contribution >= 4 is 28.6 Å². The minimum atomic E-state index is 0.510. The van der Waals surface area contributed by atoms with E-state index in [0.29, 0.717) is 5.15 Å². The van der Waals surface area contributed by atoms with Gasteiger partial charge in [-0.25, -0.2) is 9.97 Å². The molecule has 0 saturated heterocycles. The molecule has 0 bridgehead atoms. The number of hydrogen-bond donors (Lipinski definition) is 1. The minimum Gasteiger partial charge on any atom is -0.379 e. The van der Waals surface area contributed by atoms with Crippen LogP contribution in [0.3, 0.4) is 0 Å². The van der Waals surface area contributed by atoms with E-state index < -0.39 is 0 Å². The van der Waals surface area contributed by atoms with Gasteiger partial charge in [-0.05, 0) is 26.0 Å². The van der Waals surface area contributed by atoms with Crippen LogP contribution < -0.4 is 5.32 Å². The van der Waals surface area contributed by atoms with E-state index in [1.165, 1.54) is 4.88 Å². The number of aryl methyl sites for hydroxylation is 2. The molecule has 0 amide bonds. The highest BCUT2D eigenvalue weighted by atomic mass is 35.5. The van der Waals surface area contributed by atoms with E-state index in [0.717, 1.165) is 22.9 Å². The summed E-state index contributed by atoms with van der Waals surface area (Å²) < 4.78 is 0. The van der Waals surface area contributed by atoms with Gasteiger partial charge in [0, 0.05) is 4.88 Å². The summed E-state index contributed by atoms with van der Waals surface area (Å²) in [6, 6.07) is 3.69. The molecule has 2 rings (SSSR count). The fourth-order valence-electron chi connectivity index (χ4n) is 1.40. The number of halogens is 1. The number of nitrogens with one attached hydrogen (secondary N) is 1. The van der Waals surface area contributed by atoms with Gasteiger partial charge in [0.1, 0.15) is 5.15 Å². The Bertz CT molecular complexity index is 478. The Kier molecular flexibility index (Phi) is 3.41. The zero-order chi connectivity index (χ0) is 11.5. The first-order valence-corrected chi connectivity index (χ1v) is 6.13. The number of hydrogen-bond acceptors (Lipinski definition) is 4. The van der Waals surface area contributed by atoms with Crippen LogP contribution in [0.5, 0.6) is 0 Å². The van der Waals surface area contributed by atoms with Crippen molar-refractivity contribution in [3.63, 3.8) is 0 Å². The van der Waals surface area contributed by atoms with Crippen LogP contribution >= 0.6 is 22.9 Å². The van der Waals surface area contributed by atoms with Crippen LogP contribution in [0.15, 0.2) is 18.3 Å². The van der Waals surface area contributed by atoms with Gasteiger partial charge in [-0.3, -0.25) is 0 Å². The zero-order valence-electron chi connectivity index (χ0n) is 9.12. The highest BCUT2D eigenvalue weighted by molar-refractivity contribution is 7.11. The number of nitrogens with zero attached hydrogens (tertiary/aromatic N) is 2. The second-order valence-corrected chi connectivity index (χ2v) is 5.14. The molecule has 1 N–H and O–H groups in total. The lowest BCUT2D eigenvalue weighted by Gasteiger charge is -2.04. The SMILES string of the molecule is Cc1nc(C)c(CNc2ccc(Cl)nc2)s1. The average molecular weight is 254 g/mol. The molecule has 16 heavy (non-hydrogen) atoms. The van der Waals surface area contributed by atoms with Crippen molar-refractivity contribution in [1.29, 1.82) is 0 Å². The van der Waals surface area contributed by atoms with Crippen molar-refractivity contribution < 1.29 is 0 Å². The predicted molar refractivity (Wildman–Crippen MR) is 68.2 cm³/mol. The summed E-state index contributed by atoms with van der Waals surface area (Å²) in [6.07, 6.45) is 1.73. The third-order valence-electron chi connectivity index (χ3n) is 2.18. The van der Waals surface area contributed by atoms with E-state index in [1.54, 1.807) is 23.6 Å². The Balaban J connectivity index is 2.02. The maximum absolute atomic E-state index is 5.71. The molecular weight excluding hydrogens is 242 g/mol. The Morgan fingerprint density at radius 2 is 2.19 bits per heavy atom. The Labute approximate surface area is 104 Å². The van der Waals surface area contributed by atoms with Gasteiger partial charge >= 0.3 is 0 Å². The second kappa shape index (κ2) is 4.80. The number of anilines is 1. The molecule has 3 nitrogen and oxygen atoms in total. The van der Waals surface area contributed by atoms with Crippen molar-refractivity contribution in [2.24, 2.45) is 0 Å². The van der Waals surface area contributed by atoms with E-state index in [4.69, 9.17) is 11.6 Å². The van der Waals surface area contributed by atoms with Crippen molar-refractivity contribution in [2.45, 2.75) is 20.4 Å². The standard InChI is InChI=1S/C11H12ClN3S/c1-7-10(16-8(2)15-7)6-13-9-3-4-11(12)14-5-9/h3-5,13H,6H2,1-2H3. The van der Waals surface area contributed by atoms with Crippen LogP contribution in [0, 0.1) is 13.8 Å². The fraction of sp³-hybridized carbons (Fsp3) is 0.273. The summed E-state index contributed by atoms with van der Waals surface area (Å²) in [6.45, 7) is 4.83. The third kappa shape index (κ3) is 2.71. The molecule has 0 aliphatic carbocycles. The largest absolute Gasteiger partial charge is 0.379 e. The molecule has 84 valence electrons. The Morgan fingerprint density at radius 1 is 1.38 bits per heavy atom. The van der Waals surface area contributed by atoms with Crippen molar-refractivity contribution in [3.05, 3.63) is 39.1 Å². The van der Waals surface area contributed by atoms with E-state index in [-0.39, 0.29) is 0 Å². The molecule has 0 aliphatic heterocycles. The van der Waals surface area contributed by atoms with E-state index in [2.05, 4.69) is 15.3 Å². The summed E-state index contributed by atoms with van der Waals surface area (Å²) in [5, 5.41) is 4.90. The van der Waals surface area contributed by atoms with Gasteiger partial charge in [-0.1, -0.05) is 11.6 Å². The molecule has 0 fully saturated rings. The van der Waals surface area contributed by atoms with Gasteiger partial charge in [0.2, 0.25) is 0 Å². The van der Waals surface area contributed by atoms with Crippen LogP contribution in [-0.4, -0.2) is 9.97 Å². The van der Waals surface area contributed by atoms with Crippen LogP contribution in [0.2, 0.25) is 5.15 Å². The number of rotatable bonds is 3. The van der Waals surface area contributed by atoms with Crippen LogP contribution in [-0.2, 0) is 6.54 Å². The molecular formula is C11H12ClN3S. The maximum Gasteiger partial charge on any atom is 0.129 e. The van der Waals surface area contributed by atoms with Crippen LogP contribution in [0.4, 0.5) is 5.69 Å². The molecule has 0 radical (unpaired) electrons. The van der Waals surface area contributed by atoms with Gasteiger partial charge in [-0.2, -0.15) is 0 Å². The van der Waals surface area contributed by atoms with Crippen molar-refractivity contribution in [3.8, 4) is 0 Å². The lowest BCUT2D eigenvalue weighted by molar-refractivity contribution is 1.10. The smallest absolute Gasteiger partial charge is 0.129 e. The molecule has 0 atom stereocenters. The first kappa shape index (κ1) is 11.4. The molecule has 2 aromatic rings. The molecule has 0 spiro atoms. The third-order valence-corrected chi connectivity index (χ3v) is 3.48. The highest BCUT2D eigenvalue weighted by Crippen LogP contribution is 2.19. The van der Waals surface area contributed by atoms with Gasteiger partial charge in [0.15, 0.2) is 0 Å².